The summed E-state index contributed by atoms with van der Waals surface area (Å²) in [5.74, 6) is 1.19. The molecule has 3 rings (SSSR count). The third-order valence-corrected chi connectivity index (χ3v) is 3.37. The summed E-state index contributed by atoms with van der Waals surface area (Å²) in [6.07, 6.45) is 3.44. The maximum absolute atomic E-state index is 11.0. The zero-order chi connectivity index (χ0) is 16.2. The summed E-state index contributed by atoms with van der Waals surface area (Å²) in [4.78, 5) is 15.2. The lowest BCUT2D eigenvalue weighted by Gasteiger charge is -2.11. The smallest absolute Gasteiger partial charge is 0.255 e. The van der Waals surface area contributed by atoms with Gasteiger partial charge in [-0.2, -0.15) is 5.10 Å². The number of para-hydroxylation sites is 1. The van der Waals surface area contributed by atoms with E-state index in [1.54, 1.807) is 37.2 Å². The summed E-state index contributed by atoms with van der Waals surface area (Å²) in [5.41, 5.74) is 2.45. The first kappa shape index (κ1) is 14.8. The topological polar surface area (TPSA) is 66.2 Å². The van der Waals surface area contributed by atoms with Crippen LogP contribution in [0.1, 0.15) is 5.69 Å². The highest BCUT2D eigenvalue weighted by molar-refractivity contribution is 5.78. The maximum Gasteiger partial charge on any atom is 0.255 e. The van der Waals surface area contributed by atoms with E-state index < -0.39 is 0 Å². The average Bonchev–Trinajstić information content (AvgIpc) is 3.06. The van der Waals surface area contributed by atoms with Crippen molar-refractivity contribution in [2.75, 3.05) is 14.2 Å². The zero-order valence-electron chi connectivity index (χ0n) is 12.7. The molecule has 0 fully saturated rings. The number of ether oxygens (including phenoxy) is 2. The van der Waals surface area contributed by atoms with E-state index in [0.29, 0.717) is 23.0 Å². The molecule has 0 aliphatic carbocycles. The third-order valence-electron chi connectivity index (χ3n) is 3.37. The van der Waals surface area contributed by atoms with Crippen LogP contribution < -0.4 is 9.47 Å². The fourth-order valence-electron chi connectivity index (χ4n) is 2.29. The molecule has 0 aliphatic rings. The number of hydrogen-bond donors (Lipinski definition) is 0. The number of carbonyl (C=O) groups excluding carboxylic acids is 1. The minimum absolute atomic E-state index is 0.210. The highest BCUT2D eigenvalue weighted by Crippen LogP contribution is 2.31. The van der Waals surface area contributed by atoms with E-state index in [0.717, 1.165) is 5.56 Å². The van der Waals surface area contributed by atoms with Gasteiger partial charge in [0.15, 0.2) is 0 Å². The van der Waals surface area contributed by atoms with Gasteiger partial charge < -0.3 is 9.47 Å². The van der Waals surface area contributed by atoms with Crippen LogP contribution in [0.3, 0.4) is 0 Å². The summed E-state index contributed by atoms with van der Waals surface area (Å²) in [6, 6.07) is 12.7. The van der Waals surface area contributed by atoms with Crippen LogP contribution >= 0.6 is 0 Å². The number of rotatable bonds is 5. The van der Waals surface area contributed by atoms with Crippen molar-refractivity contribution < 1.29 is 14.3 Å². The van der Waals surface area contributed by atoms with Gasteiger partial charge in [-0.15, -0.1) is 0 Å². The summed E-state index contributed by atoms with van der Waals surface area (Å²) in [6.45, 7) is 0. The second kappa shape index (κ2) is 6.31. The summed E-state index contributed by atoms with van der Waals surface area (Å²) in [7, 11) is 3.15. The lowest BCUT2D eigenvalue weighted by atomic mass is 10.1. The van der Waals surface area contributed by atoms with Gasteiger partial charge >= 0.3 is 0 Å². The minimum atomic E-state index is 0.210. The summed E-state index contributed by atoms with van der Waals surface area (Å²) in [5, 5.41) is 4.26. The zero-order valence-corrected chi connectivity index (χ0v) is 12.7. The molecular weight excluding hydrogens is 294 g/mol. The Bertz CT molecular complexity index is 825. The van der Waals surface area contributed by atoms with E-state index >= 15 is 0 Å². The van der Waals surface area contributed by atoms with Gasteiger partial charge in [-0.1, -0.05) is 12.1 Å². The first-order valence-electron chi connectivity index (χ1n) is 6.89. The molecule has 0 spiro atoms. The van der Waals surface area contributed by atoms with Gasteiger partial charge in [0.1, 0.15) is 11.4 Å². The van der Waals surface area contributed by atoms with Crippen LogP contribution in [0.2, 0.25) is 0 Å². The molecule has 0 bridgehead atoms. The van der Waals surface area contributed by atoms with Crippen molar-refractivity contribution in [2.45, 2.75) is 0 Å². The van der Waals surface area contributed by atoms with Crippen LogP contribution in [0.5, 0.6) is 11.6 Å². The molecular formula is C17H14N3O3. The average molecular weight is 308 g/mol. The van der Waals surface area contributed by atoms with Gasteiger partial charge in [-0.05, 0) is 24.3 Å². The molecule has 0 N–H and O–H groups in total. The predicted molar refractivity (Wildman–Crippen MR) is 84.7 cm³/mol. The van der Waals surface area contributed by atoms with E-state index in [9.17, 15) is 4.79 Å². The molecule has 1 aromatic carbocycles. The number of hydrogen-bond acceptors (Lipinski definition) is 5. The number of pyridine rings is 1. The molecule has 0 amide bonds. The molecule has 0 aliphatic heterocycles. The Hall–Kier alpha value is -3.15. The Morgan fingerprint density at radius 3 is 2.57 bits per heavy atom. The number of aromatic nitrogens is 3. The van der Waals surface area contributed by atoms with Crippen LogP contribution in [0.4, 0.5) is 0 Å². The van der Waals surface area contributed by atoms with Crippen LogP contribution in [0.25, 0.3) is 16.9 Å². The molecule has 6 nitrogen and oxygen atoms in total. The van der Waals surface area contributed by atoms with E-state index in [1.165, 1.54) is 0 Å². The Balaban J connectivity index is 2.17. The Morgan fingerprint density at radius 2 is 1.91 bits per heavy atom. The van der Waals surface area contributed by atoms with Crippen molar-refractivity contribution >= 4 is 6.29 Å². The van der Waals surface area contributed by atoms with E-state index in [1.807, 2.05) is 36.6 Å². The molecule has 0 atom stereocenters. The van der Waals surface area contributed by atoms with Crippen LogP contribution in [-0.2, 0) is 4.79 Å². The largest absolute Gasteiger partial charge is 0.496 e. The van der Waals surface area contributed by atoms with Gasteiger partial charge in [-0.25, -0.2) is 9.67 Å². The van der Waals surface area contributed by atoms with Crippen molar-refractivity contribution in [1.29, 1.82) is 0 Å². The van der Waals surface area contributed by atoms with Crippen molar-refractivity contribution in [3.63, 3.8) is 0 Å². The Morgan fingerprint density at radius 1 is 1.09 bits per heavy atom. The first-order valence-corrected chi connectivity index (χ1v) is 6.89. The van der Waals surface area contributed by atoms with Gasteiger partial charge in [0.2, 0.25) is 5.88 Å². The molecule has 3 aromatic rings. The second-order valence-electron chi connectivity index (χ2n) is 4.69. The fraction of sp³-hybridized carbons (Fsp3) is 0.118. The predicted octanol–water partition coefficient (Wildman–Crippen LogP) is 2.41. The lowest BCUT2D eigenvalue weighted by molar-refractivity contribution is 0.397. The third kappa shape index (κ3) is 2.78. The molecule has 0 unspecified atom stereocenters. The van der Waals surface area contributed by atoms with Crippen molar-refractivity contribution in [3.05, 3.63) is 54.4 Å². The Labute approximate surface area is 133 Å². The normalized spacial score (nSPS) is 10.3. The second-order valence-corrected chi connectivity index (χ2v) is 4.69. The van der Waals surface area contributed by atoms with Gasteiger partial charge in [0.25, 0.3) is 6.29 Å². The lowest BCUT2D eigenvalue weighted by Crippen LogP contribution is -2.01. The SMILES string of the molecule is COc1ccc(-n2nc([C]=O)cc2-c2ccccc2OC)cn1. The van der Waals surface area contributed by atoms with Crippen LogP contribution in [0, 0.1) is 0 Å². The van der Waals surface area contributed by atoms with E-state index in [2.05, 4.69) is 10.1 Å². The molecule has 6 heteroatoms. The van der Waals surface area contributed by atoms with Crippen LogP contribution in [0.15, 0.2) is 48.7 Å². The fourth-order valence-corrected chi connectivity index (χ4v) is 2.29. The Kier molecular flexibility index (Phi) is 4.05. The maximum atomic E-state index is 11.0. The minimum Gasteiger partial charge on any atom is -0.496 e. The molecule has 23 heavy (non-hydrogen) atoms. The quantitative estimate of drug-likeness (QED) is 0.724. The molecule has 2 aromatic heterocycles. The van der Waals surface area contributed by atoms with E-state index in [-0.39, 0.29) is 5.69 Å². The number of nitrogens with zero attached hydrogens (tertiary/aromatic N) is 3. The van der Waals surface area contributed by atoms with Crippen molar-refractivity contribution in [2.24, 2.45) is 0 Å². The molecule has 115 valence electrons. The van der Waals surface area contributed by atoms with Crippen LogP contribution in [-0.4, -0.2) is 35.3 Å². The van der Waals surface area contributed by atoms with Gasteiger partial charge in [-0.3, -0.25) is 4.79 Å². The first-order chi connectivity index (χ1) is 11.3. The van der Waals surface area contributed by atoms with Crippen molar-refractivity contribution in [3.8, 4) is 28.6 Å². The van der Waals surface area contributed by atoms with E-state index in [4.69, 9.17) is 9.47 Å². The molecule has 0 saturated heterocycles. The van der Waals surface area contributed by atoms with Gasteiger partial charge in [0, 0.05) is 11.6 Å². The monoisotopic (exact) mass is 308 g/mol. The number of benzene rings is 1. The standard InChI is InChI=1S/C17H14N3O3/c1-22-16-6-4-3-5-14(16)15-9-12(11-21)19-20(15)13-7-8-17(23-2)18-10-13/h3-10H,1-2H3. The van der Waals surface area contributed by atoms with Gasteiger partial charge in [0.05, 0.1) is 31.8 Å². The summed E-state index contributed by atoms with van der Waals surface area (Å²) < 4.78 is 12.1. The summed E-state index contributed by atoms with van der Waals surface area (Å²) >= 11 is 0. The molecule has 2 heterocycles. The highest BCUT2D eigenvalue weighted by atomic mass is 16.5. The highest BCUT2D eigenvalue weighted by Gasteiger charge is 2.15. The molecule has 1 radical (unpaired) electrons. The number of methoxy groups -OCH3 is 2. The van der Waals surface area contributed by atoms with Crippen molar-refractivity contribution in [1.82, 2.24) is 14.8 Å². The molecule has 0 saturated carbocycles.